The van der Waals surface area contributed by atoms with Crippen molar-refractivity contribution < 1.29 is 15.0 Å². The lowest BCUT2D eigenvalue weighted by atomic mass is 10.2. The molecule has 1 saturated heterocycles. The molecule has 1 amide bonds. The number of aliphatic hydroxyl groups is 2. The number of carbonyl (C=O) groups excluding carboxylic acids is 1. The van der Waals surface area contributed by atoms with Gasteiger partial charge in [-0.15, -0.1) is 0 Å². The van der Waals surface area contributed by atoms with Crippen LogP contribution >= 0.6 is 11.8 Å². The summed E-state index contributed by atoms with van der Waals surface area (Å²) in [4.78, 5) is 11.0. The summed E-state index contributed by atoms with van der Waals surface area (Å²) in [5.41, 5.74) is 0. The Hall–Kier alpha value is -0.260. The van der Waals surface area contributed by atoms with E-state index in [9.17, 15) is 9.90 Å². The van der Waals surface area contributed by atoms with E-state index in [1.165, 1.54) is 11.8 Å². The number of rotatable bonds is 2. The van der Waals surface area contributed by atoms with Crippen LogP contribution in [0.3, 0.4) is 0 Å². The fourth-order valence-corrected chi connectivity index (χ4v) is 2.18. The van der Waals surface area contributed by atoms with Crippen molar-refractivity contribution in [2.45, 2.75) is 17.8 Å². The van der Waals surface area contributed by atoms with Crippen LogP contribution in [0.5, 0.6) is 0 Å². The highest BCUT2D eigenvalue weighted by Crippen LogP contribution is 2.19. The monoisotopic (exact) mass is 191 g/mol. The van der Waals surface area contributed by atoms with Gasteiger partial charge in [0.15, 0.2) is 0 Å². The van der Waals surface area contributed by atoms with Gasteiger partial charge < -0.3 is 15.5 Å². The summed E-state index contributed by atoms with van der Waals surface area (Å²) >= 11 is 1.53. The topological polar surface area (TPSA) is 69.6 Å². The highest BCUT2D eigenvalue weighted by Gasteiger charge is 2.24. The molecule has 5 heteroatoms. The van der Waals surface area contributed by atoms with E-state index in [4.69, 9.17) is 5.11 Å². The lowest BCUT2D eigenvalue weighted by molar-refractivity contribution is -0.121. The first-order chi connectivity index (χ1) is 5.74. The third-order valence-corrected chi connectivity index (χ3v) is 3.11. The van der Waals surface area contributed by atoms with Crippen molar-refractivity contribution in [3.8, 4) is 0 Å². The summed E-state index contributed by atoms with van der Waals surface area (Å²) in [6, 6.07) is 0. The molecule has 12 heavy (non-hydrogen) atoms. The summed E-state index contributed by atoms with van der Waals surface area (Å²) in [6.07, 6.45) is -0.481. The van der Waals surface area contributed by atoms with E-state index < -0.39 is 6.10 Å². The minimum atomic E-state index is -0.779. The molecule has 0 bridgehead atoms. The van der Waals surface area contributed by atoms with E-state index in [1.807, 2.05) is 0 Å². The molecule has 2 atom stereocenters. The third-order valence-electron chi connectivity index (χ3n) is 1.76. The van der Waals surface area contributed by atoms with Crippen molar-refractivity contribution in [3.05, 3.63) is 0 Å². The van der Waals surface area contributed by atoms with E-state index in [-0.39, 0.29) is 17.8 Å². The van der Waals surface area contributed by atoms with Gasteiger partial charge in [-0.25, -0.2) is 0 Å². The van der Waals surface area contributed by atoms with Crippen LogP contribution in [0.4, 0.5) is 0 Å². The molecule has 0 saturated carbocycles. The number of hydrogen-bond acceptors (Lipinski definition) is 4. The number of amides is 1. The van der Waals surface area contributed by atoms with Gasteiger partial charge >= 0.3 is 0 Å². The maximum Gasteiger partial charge on any atom is 0.221 e. The molecule has 1 aliphatic rings. The Balaban J connectivity index is 2.46. The van der Waals surface area contributed by atoms with Crippen molar-refractivity contribution in [2.75, 3.05) is 18.9 Å². The van der Waals surface area contributed by atoms with Gasteiger partial charge in [0.1, 0.15) is 0 Å². The lowest BCUT2D eigenvalue weighted by Gasteiger charge is -2.16. The van der Waals surface area contributed by atoms with Gasteiger partial charge in [-0.3, -0.25) is 4.79 Å². The van der Waals surface area contributed by atoms with Gasteiger partial charge in [0.05, 0.1) is 12.7 Å². The molecule has 0 aromatic carbocycles. The van der Waals surface area contributed by atoms with Gasteiger partial charge in [-0.05, 0) is 0 Å². The lowest BCUT2D eigenvalue weighted by Crippen LogP contribution is -2.30. The average molecular weight is 191 g/mol. The minimum absolute atomic E-state index is 0.0440. The van der Waals surface area contributed by atoms with E-state index in [1.54, 1.807) is 0 Å². The zero-order valence-corrected chi connectivity index (χ0v) is 7.51. The first-order valence-electron chi connectivity index (χ1n) is 3.91. The molecule has 4 nitrogen and oxygen atoms in total. The molecule has 1 rings (SSSR count). The second kappa shape index (κ2) is 4.69. The standard InChI is InChI=1S/C7H13NO3S/c9-4-5(10)6-3-7(11)8-1-2-12-6/h5-6,9-10H,1-4H2,(H,8,11)/t5-,6+/m0/s1. The molecule has 0 aromatic heterocycles. The Morgan fingerprint density at radius 3 is 3.17 bits per heavy atom. The number of hydrogen-bond donors (Lipinski definition) is 3. The Morgan fingerprint density at radius 2 is 2.50 bits per heavy atom. The largest absolute Gasteiger partial charge is 0.394 e. The molecule has 1 heterocycles. The van der Waals surface area contributed by atoms with E-state index in [0.717, 1.165) is 5.75 Å². The molecular weight excluding hydrogens is 178 g/mol. The van der Waals surface area contributed by atoms with Crippen LogP contribution < -0.4 is 5.32 Å². The molecule has 0 unspecified atom stereocenters. The smallest absolute Gasteiger partial charge is 0.221 e. The fourth-order valence-electron chi connectivity index (χ4n) is 1.08. The zero-order valence-electron chi connectivity index (χ0n) is 6.69. The van der Waals surface area contributed by atoms with Gasteiger partial charge in [-0.2, -0.15) is 11.8 Å². The van der Waals surface area contributed by atoms with Crippen LogP contribution in [0.1, 0.15) is 6.42 Å². The third kappa shape index (κ3) is 2.66. The first-order valence-corrected chi connectivity index (χ1v) is 4.96. The summed E-state index contributed by atoms with van der Waals surface area (Å²) < 4.78 is 0. The highest BCUT2D eigenvalue weighted by atomic mass is 32.2. The van der Waals surface area contributed by atoms with Gasteiger partial charge in [-0.1, -0.05) is 0 Å². The van der Waals surface area contributed by atoms with Crippen molar-refractivity contribution >= 4 is 17.7 Å². The van der Waals surface area contributed by atoms with Crippen LogP contribution in [0.2, 0.25) is 0 Å². The molecule has 0 radical (unpaired) electrons. The second-order valence-electron chi connectivity index (χ2n) is 2.71. The van der Waals surface area contributed by atoms with Crippen molar-refractivity contribution in [3.63, 3.8) is 0 Å². The number of thioether (sulfide) groups is 1. The van der Waals surface area contributed by atoms with E-state index >= 15 is 0 Å². The molecule has 0 spiro atoms. The van der Waals surface area contributed by atoms with Crippen molar-refractivity contribution in [1.29, 1.82) is 0 Å². The Morgan fingerprint density at radius 1 is 1.75 bits per heavy atom. The second-order valence-corrected chi connectivity index (χ2v) is 4.06. The predicted octanol–water partition coefficient (Wildman–Crippen LogP) is -1.04. The Labute approximate surface area is 75.3 Å². The van der Waals surface area contributed by atoms with Crippen LogP contribution in [0.25, 0.3) is 0 Å². The maximum atomic E-state index is 11.0. The van der Waals surface area contributed by atoms with Crippen molar-refractivity contribution in [2.24, 2.45) is 0 Å². The van der Waals surface area contributed by atoms with Crippen LogP contribution in [-0.2, 0) is 4.79 Å². The van der Waals surface area contributed by atoms with Crippen molar-refractivity contribution in [1.82, 2.24) is 5.32 Å². The molecule has 3 N–H and O–H groups in total. The van der Waals surface area contributed by atoms with Gasteiger partial charge in [0.25, 0.3) is 0 Å². The maximum absolute atomic E-state index is 11.0. The Kier molecular flexibility index (Phi) is 3.84. The normalized spacial score (nSPS) is 27.5. The van der Waals surface area contributed by atoms with E-state index in [2.05, 4.69) is 5.32 Å². The minimum Gasteiger partial charge on any atom is -0.394 e. The van der Waals surface area contributed by atoms with Crippen LogP contribution in [0.15, 0.2) is 0 Å². The molecule has 70 valence electrons. The molecule has 1 aliphatic heterocycles. The van der Waals surface area contributed by atoms with Crippen LogP contribution in [0, 0.1) is 0 Å². The zero-order chi connectivity index (χ0) is 8.97. The van der Waals surface area contributed by atoms with Crippen LogP contribution in [-0.4, -0.2) is 46.4 Å². The summed E-state index contributed by atoms with van der Waals surface area (Å²) in [6.45, 7) is 0.378. The fraction of sp³-hybridized carbons (Fsp3) is 0.857. The SMILES string of the molecule is O=C1C[C@H]([C@@H](O)CO)SCCN1. The quantitative estimate of drug-likeness (QED) is 0.521. The molecule has 1 fully saturated rings. The summed E-state index contributed by atoms with van der Waals surface area (Å²) in [7, 11) is 0. The average Bonchev–Trinajstić information content (AvgIpc) is 2.28. The first kappa shape index (κ1) is 9.83. The number of aliphatic hydroxyl groups excluding tert-OH is 2. The summed E-state index contributed by atoms with van der Waals surface area (Å²) in [5.74, 6) is 0.755. The number of nitrogens with one attached hydrogen (secondary N) is 1. The molecule has 0 aliphatic carbocycles. The summed E-state index contributed by atoms with van der Waals surface area (Å²) in [5, 5.41) is 20.5. The number of carbonyl (C=O) groups is 1. The Bertz CT molecular complexity index is 165. The highest BCUT2D eigenvalue weighted by molar-refractivity contribution is 8.00. The van der Waals surface area contributed by atoms with E-state index in [0.29, 0.717) is 13.0 Å². The predicted molar refractivity (Wildman–Crippen MR) is 47.0 cm³/mol. The molecule has 0 aromatic rings. The van der Waals surface area contributed by atoms with Gasteiger partial charge in [0, 0.05) is 24.0 Å². The molecular formula is C7H13NO3S. The van der Waals surface area contributed by atoms with Gasteiger partial charge in [0.2, 0.25) is 5.91 Å².